The average molecular weight is 229 g/mol. The molecule has 1 saturated heterocycles. The zero-order valence-electron chi connectivity index (χ0n) is 6.03. The smallest absolute Gasteiger partial charge is 0.210 e. The van der Waals surface area contributed by atoms with E-state index in [2.05, 4.69) is 10.6 Å². The Morgan fingerprint density at radius 2 is 1.83 bits per heavy atom. The molecule has 12 heavy (non-hydrogen) atoms. The van der Waals surface area contributed by atoms with E-state index in [1.807, 2.05) is 0 Å². The number of ketones is 1. The minimum atomic E-state index is -1.10. The van der Waals surface area contributed by atoms with Crippen LogP contribution < -0.4 is 10.6 Å². The van der Waals surface area contributed by atoms with E-state index in [-0.39, 0.29) is 5.03 Å². The Morgan fingerprint density at radius 3 is 2.25 bits per heavy atom. The van der Waals surface area contributed by atoms with Gasteiger partial charge >= 0.3 is 0 Å². The van der Waals surface area contributed by atoms with Crippen LogP contribution in [0.1, 0.15) is 0 Å². The molecule has 0 atom stereocenters. The number of nitrogens with one attached hydrogen (secondary N) is 2. The summed E-state index contributed by atoms with van der Waals surface area (Å²) in [6, 6.07) is 0. The highest BCUT2D eigenvalue weighted by Gasteiger charge is 2.21. The third-order valence-corrected chi connectivity index (χ3v) is 2.13. The molecule has 68 valence electrons. The van der Waals surface area contributed by atoms with Gasteiger partial charge in [-0.2, -0.15) is 0 Å². The quantitative estimate of drug-likeness (QED) is 0.547. The molecule has 0 radical (unpaired) electrons. The predicted octanol–water partition coefficient (Wildman–Crippen LogP) is 0.960. The highest BCUT2D eigenvalue weighted by molar-refractivity contribution is 6.60. The molecular weight excluding hydrogens is 222 g/mol. The first-order valence-electron chi connectivity index (χ1n) is 3.33. The Balaban J connectivity index is 2.73. The summed E-state index contributed by atoms with van der Waals surface area (Å²) in [5.74, 6) is 0.0184. The van der Waals surface area contributed by atoms with Crippen molar-refractivity contribution in [1.82, 2.24) is 10.6 Å². The maximum absolute atomic E-state index is 11.1. The maximum Gasteiger partial charge on any atom is 0.210 e. The molecule has 1 aliphatic heterocycles. The van der Waals surface area contributed by atoms with Crippen LogP contribution in [0, 0.1) is 0 Å². The lowest BCUT2D eigenvalue weighted by molar-refractivity contribution is -0.113. The largest absolute Gasteiger partial charge is 0.369 e. The summed E-state index contributed by atoms with van der Waals surface area (Å²) < 4.78 is 0. The normalized spacial score (nSPS) is 15.8. The third kappa shape index (κ3) is 2.19. The molecule has 0 aromatic carbocycles. The number of carbonyl (C=O) groups excluding carboxylic acids is 1. The minimum absolute atomic E-state index is 0.0301. The number of Topliss-reactive ketones (excluding diaryl/α,β-unsaturated/α-hetero) is 1. The van der Waals surface area contributed by atoms with E-state index >= 15 is 0 Å². The van der Waals surface area contributed by atoms with Gasteiger partial charge in [-0.1, -0.05) is 34.8 Å². The Bertz CT molecular complexity index is 219. The second-order valence-electron chi connectivity index (χ2n) is 2.21. The maximum atomic E-state index is 11.1. The van der Waals surface area contributed by atoms with Crippen LogP contribution in [-0.2, 0) is 4.79 Å². The van der Waals surface area contributed by atoms with E-state index in [1.165, 1.54) is 0 Å². The molecule has 3 nitrogen and oxygen atoms in total. The predicted molar refractivity (Wildman–Crippen MR) is 49.4 cm³/mol. The molecule has 0 unspecified atom stereocenters. The molecule has 0 spiro atoms. The molecule has 0 aromatic heterocycles. The summed E-state index contributed by atoms with van der Waals surface area (Å²) in [4.78, 5) is 9.99. The Morgan fingerprint density at radius 1 is 1.33 bits per heavy atom. The van der Waals surface area contributed by atoms with Crippen molar-refractivity contribution in [2.75, 3.05) is 13.1 Å². The van der Waals surface area contributed by atoms with Crippen LogP contribution in [0.5, 0.6) is 0 Å². The van der Waals surface area contributed by atoms with Gasteiger partial charge in [-0.25, -0.2) is 0 Å². The minimum Gasteiger partial charge on any atom is -0.369 e. The van der Waals surface area contributed by atoms with Crippen molar-refractivity contribution in [3.63, 3.8) is 0 Å². The number of carbonyl (C=O) groups is 1. The summed E-state index contributed by atoms with van der Waals surface area (Å²) in [7, 11) is 0. The van der Waals surface area contributed by atoms with Gasteiger partial charge in [0.05, 0.1) is 0 Å². The highest BCUT2D eigenvalue weighted by Crippen LogP contribution is 2.16. The molecule has 1 heterocycles. The number of hydrogen-bond acceptors (Lipinski definition) is 3. The molecule has 1 rings (SSSR count). The van der Waals surface area contributed by atoms with Crippen molar-refractivity contribution in [2.24, 2.45) is 0 Å². The van der Waals surface area contributed by atoms with E-state index < -0.39 is 10.6 Å². The fourth-order valence-corrected chi connectivity index (χ4v) is 1.38. The van der Waals surface area contributed by atoms with Crippen LogP contribution in [0.2, 0.25) is 0 Å². The highest BCUT2D eigenvalue weighted by atomic mass is 35.5. The van der Waals surface area contributed by atoms with Gasteiger partial charge < -0.3 is 10.6 Å². The summed E-state index contributed by atoms with van der Waals surface area (Å²) in [6.07, 6.45) is 0. The van der Waals surface area contributed by atoms with Crippen molar-refractivity contribution in [2.45, 2.75) is 4.84 Å². The van der Waals surface area contributed by atoms with Crippen molar-refractivity contribution in [1.29, 1.82) is 0 Å². The first-order valence-corrected chi connectivity index (χ1v) is 4.58. The van der Waals surface area contributed by atoms with E-state index in [0.29, 0.717) is 5.82 Å². The molecule has 2 N–H and O–H groups in total. The number of allylic oxidation sites excluding steroid dienone is 1. The molecule has 1 aliphatic rings. The fourth-order valence-electron chi connectivity index (χ4n) is 0.812. The van der Waals surface area contributed by atoms with Gasteiger partial charge in [0.1, 0.15) is 10.9 Å². The lowest BCUT2D eigenvalue weighted by atomic mass is 10.4. The topological polar surface area (TPSA) is 41.1 Å². The zero-order chi connectivity index (χ0) is 9.14. The Hall–Kier alpha value is -0.120. The van der Waals surface area contributed by atoms with Crippen molar-refractivity contribution in [3.05, 3.63) is 10.9 Å². The van der Waals surface area contributed by atoms with Crippen LogP contribution >= 0.6 is 34.8 Å². The summed E-state index contributed by atoms with van der Waals surface area (Å²) in [5.41, 5.74) is 0. The van der Waals surface area contributed by atoms with Crippen LogP contribution in [0.25, 0.3) is 0 Å². The lowest BCUT2D eigenvalue weighted by Gasteiger charge is -2.03. The van der Waals surface area contributed by atoms with Crippen molar-refractivity contribution >= 4 is 40.6 Å². The standard InChI is InChI=1S/C6H7Cl3N2O/c7-3(4(12)5(8)9)6-10-1-2-11-6/h5,10-11H,1-2H2. The van der Waals surface area contributed by atoms with Gasteiger partial charge in [-0.15, -0.1) is 0 Å². The fraction of sp³-hybridized carbons (Fsp3) is 0.500. The summed E-state index contributed by atoms with van der Waals surface area (Å²) in [6.45, 7) is 1.49. The lowest BCUT2D eigenvalue weighted by Crippen LogP contribution is -2.18. The molecule has 0 aliphatic carbocycles. The number of rotatable bonds is 2. The van der Waals surface area contributed by atoms with Crippen molar-refractivity contribution < 1.29 is 4.79 Å². The summed E-state index contributed by atoms with van der Waals surface area (Å²) in [5, 5.41) is 5.81. The van der Waals surface area contributed by atoms with Gasteiger partial charge in [0.25, 0.3) is 0 Å². The van der Waals surface area contributed by atoms with E-state index in [9.17, 15) is 4.79 Å². The monoisotopic (exact) mass is 228 g/mol. The summed E-state index contributed by atoms with van der Waals surface area (Å²) >= 11 is 16.4. The van der Waals surface area contributed by atoms with Gasteiger partial charge in [0, 0.05) is 13.1 Å². The van der Waals surface area contributed by atoms with E-state index in [0.717, 1.165) is 13.1 Å². The van der Waals surface area contributed by atoms with Gasteiger partial charge in [0.2, 0.25) is 5.78 Å². The third-order valence-electron chi connectivity index (χ3n) is 1.36. The van der Waals surface area contributed by atoms with E-state index in [4.69, 9.17) is 34.8 Å². The zero-order valence-corrected chi connectivity index (χ0v) is 8.30. The van der Waals surface area contributed by atoms with Gasteiger partial charge in [-0.05, 0) is 0 Å². The molecule has 0 saturated carbocycles. The molecule has 0 bridgehead atoms. The van der Waals surface area contributed by atoms with Crippen LogP contribution in [-0.4, -0.2) is 23.7 Å². The van der Waals surface area contributed by atoms with E-state index in [1.54, 1.807) is 0 Å². The second-order valence-corrected chi connectivity index (χ2v) is 3.68. The molecule has 0 amide bonds. The number of alkyl halides is 2. The first-order chi connectivity index (χ1) is 5.63. The molecular formula is C6H7Cl3N2O. The first kappa shape index (κ1) is 9.96. The van der Waals surface area contributed by atoms with Crippen molar-refractivity contribution in [3.8, 4) is 0 Å². The SMILES string of the molecule is O=C(C(Cl)=C1NCCN1)C(Cl)Cl. The molecule has 0 aromatic rings. The van der Waals surface area contributed by atoms with Gasteiger partial charge in [-0.3, -0.25) is 4.79 Å². The number of hydrogen-bond donors (Lipinski definition) is 2. The van der Waals surface area contributed by atoms with Gasteiger partial charge in [0.15, 0.2) is 4.84 Å². The number of halogens is 3. The molecule has 1 fully saturated rings. The van der Waals surface area contributed by atoms with Crippen LogP contribution in [0.15, 0.2) is 10.9 Å². The second kappa shape index (κ2) is 4.21. The average Bonchev–Trinajstić information content (AvgIpc) is 2.53. The van der Waals surface area contributed by atoms with Crippen LogP contribution in [0.4, 0.5) is 0 Å². The Labute approximate surface area is 85.0 Å². The van der Waals surface area contributed by atoms with Crippen LogP contribution in [0.3, 0.4) is 0 Å². The molecule has 6 heteroatoms. The Kier molecular flexibility index (Phi) is 3.50.